The first-order chi connectivity index (χ1) is 15.1. The fourth-order valence-corrected chi connectivity index (χ4v) is 4.14. The smallest absolute Gasteiger partial charge is 0.221 e. The minimum absolute atomic E-state index is 0.0690. The van der Waals surface area contributed by atoms with Crippen LogP contribution in [0.4, 0.5) is 8.78 Å². The lowest BCUT2D eigenvalue weighted by Crippen LogP contribution is -2.47. The molecule has 4 nitrogen and oxygen atoms in total. The molecule has 1 aliphatic rings. The van der Waals surface area contributed by atoms with E-state index in [-0.39, 0.29) is 34.9 Å². The van der Waals surface area contributed by atoms with E-state index in [0.29, 0.717) is 17.5 Å². The minimum Gasteiger partial charge on any atom is -0.345 e. The number of piperidine rings is 1. The van der Waals surface area contributed by atoms with Crippen molar-refractivity contribution in [2.45, 2.75) is 52.1 Å². The quantitative estimate of drug-likeness (QED) is 0.655. The fourth-order valence-electron chi connectivity index (χ4n) is 4.14. The first-order valence-electron chi connectivity index (χ1n) is 11.4. The van der Waals surface area contributed by atoms with Gasteiger partial charge in [0, 0.05) is 19.0 Å². The summed E-state index contributed by atoms with van der Waals surface area (Å²) in [6.07, 6.45) is 2.28. The van der Waals surface area contributed by atoms with Crippen LogP contribution in [0, 0.1) is 23.0 Å². The van der Waals surface area contributed by atoms with Gasteiger partial charge >= 0.3 is 0 Å². The van der Waals surface area contributed by atoms with Crippen LogP contribution in [0.15, 0.2) is 48.5 Å². The summed E-state index contributed by atoms with van der Waals surface area (Å²) in [5, 5.41) is 3.01. The third kappa shape index (κ3) is 6.84. The molecular weight excluding hydrogens is 408 g/mol. The molecule has 1 heterocycles. The Kier molecular flexibility index (Phi) is 8.01. The highest BCUT2D eigenvalue weighted by Crippen LogP contribution is 2.26. The van der Waals surface area contributed by atoms with Gasteiger partial charge in [-0.2, -0.15) is 0 Å². The van der Waals surface area contributed by atoms with Crippen LogP contribution in [-0.4, -0.2) is 36.5 Å². The van der Waals surface area contributed by atoms with Gasteiger partial charge in [-0.15, -0.1) is 0 Å². The molecule has 0 radical (unpaired) electrons. The molecule has 174 valence electrons. The van der Waals surface area contributed by atoms with Crippen LogP contribution < -0.4 is 11.1 Å². The highest BCUT2D eigenvalue weighted by Gasteiger charge is 2.27. The summed E-state index contributed by atoms with van der Waals surface area (Å²) in [5.41, 5.74) is 7.58. The van der Waals surface area contributed by atoms with Crippen LogP contribution in [0.25, 0.3) is 0 Å². The van der Waals surface area contributed by atoms with Crippen molar-refractivity contribution in [3.8, 4) is 0 Å². The van der Waals surface area contributed by atoms with E-state index < -0.39 is 6.04 Å². The lowest BCUT2D eigenvalue weighted by molar-refractivity contribution is -0.122. The molecule has 0 spiro atoms. The molecule has 1 saturated heterocycles. The van der Waals surface area contributed by atoms with E-state index in [9.17, 15) is 13.6 Å². The van der Waals surface area contributed by atoms with E-state index in [4.69, 9.17) is 5.73 Å². The van der Waals surface area contributed by atoms with Crippen molar-refractivity contribution >= 4 is 5.91 Å². The second-order valence-corrected chi connectivity index (χ2v) is 10.0. The van der Waals surface area contributed by atoms with Crippen LogP contribution in [0.2, 0.25) is 0 Å². The Balaban J connectivity index is 1.60. The van der Waals surface area contributed by atoms with Crippen LogP contribution in [0.1, 0.15) is 57.2 Å². The standard InChI is InChI=1S/C26H35F2N3O/c1-26(2,3)23(29)17-31-12-10-18(11-13-31)14-24(32)30-25(19-6-4-8-21(27)15-19)20-7-5-9-22(28)16-20/h4-9,15-16,18,23,25H,10-14,17,29H2,1-3H3,(H,30,32). The summed E-state index contributed by atoms with van der Waals surface area (Å²) in [7, 11) is 0. The highest BCUT2D eigenvalue weighted by atomic mass is 19.1. The zero-order valence-corrected chi connectivity index (χ0v) is 19.3. The molecular formula is C26H35F2N3O. The number of halogens is 2. The zero-order valence-electron chi connectivity index (χ0n) is 19.3. The molecule has 2 aromatic rings. The molecule has 3 N–H and O–H groups in total. The molecule has 0 aromatic heterocycles. The normalized spacial score (nSPS) is 16.8. The van der Waals surface area contributed by atoms with Gasteiger partial charge in [0.2, 0.25) is 5.91 Å². The van der Waals surface area contributed by atoms with Gasteiger partial charge in [-0.1, -0.05) is 45.0 Å². The number of rotatable bonds is 7. The monoisotopic (exact) mass is 443 g/mol. The fraction of sp³-hybridized carbons (Fsp3) is 0.500. The van der Waals surface area contributed by atoms with Gasteiger partial charge in [-0.05, 0) is 72.7 Å². The van der Waals surface area contributed by atoms with Crippen molar-refractivity contribution in [3.63, 3.8) is 0 Å². The summed E-state index contributed by atoms with van der Waals surface area (Å²) < 4.78 is 27.7. The number of nitrogens with one attached hydrogen (secondary N) is 1. The second kappa shape index (κ2) is 10.5. The van der Waals surface area contributed by atoms with E-state index in [0.717, 1.165) is 32.5 Å². The van der Waals surface area contributed by atoms with Crippen molar-refractivity contribution in [1.82, 2.24) is 10.2 Å². The third-order valence-corrected chi connectivity index (χ3v) is 6.42. The van der Waals surface area contributed by atoms with Crippen LogP contribution in [-0.2, 0) is 4.79 Å². The molecule has 0 bridgehead atoms. The number of carbonyl (C=O) groups is 1. The number of hydrogen-bond acceptors (Lipinski definition) is 3. The van der Waals surface area contributed by atoms with E-state index in [1.165, 1.54) is 24.3 Å². The predicted molar refractivity (Wildman–Crippen MR) is 124 cm³/mol. The number of likely N-dealkylation sites (tertiary alicyclic amines) is 1. The Morgan fingerprint density at radius 2 is 1.59 bits per heavy atom. The van der Waals surface area contributed by atoms with E-state index in [1.807, 2.05) is 0 Å². The number of nitrogens with two attached hydrogens (primary N) is 1. The van der Waals surface area contributed by atoms with Gasteiger partial charge in [-0.3, -0.25) is 4.79 Å². The Hall–Kier alpha value is -2.31. The van der Waals surface area contributed by atoms with E-state index >= 15 is 0 Å². The van der Waals surface area contributed by atoms with Crippen LogP contribution >= 0.6 is 0 Å². The summed E-state index contributed by atoms with van der Waals surface area (Å²) in [4.78, 5) is 15.3. The minimum atomic E-state index is -0.598. The number of benzene rings is 2. The maximum Gasteiger partial charge on any atom is 0.221 e. The maximum absolute atomic E-state index is 13.8. The van der Waals surface area contributed by atoms with Gasteiger partial charge in [0.15, 0.2) is 0 Å². The van der Waals surface area contributed by atoms with Gasteiger partial charge < -0.3 is 16.0 Å². The molecule has 1 fully saturated rings. The SMILES string of the molecule is CC(C)(C)C(N)CN1CCC(CC(=O)NC(c2cccc(F)c2)c2cccc(F)c2)CC1. The Morgan fingerprint density at radius 3 is 2.06 bits per heavy atom. The summed E-state index contributed by atoms with van der Waals surface area (Å²) >= 11 is 0. The molecule has 2 aromatic carbocycles. The second-order valence-electron chi connectivity index (χ2n) is 10.0. The Bertz CT molecular complexity index is 858. The highest BCUT2D eigenvalue weighted by molar-refractivity contribution is 5.77. The van der Waals surface area contributed by atoms with Crippen LogP contribution in [0.5, 0.6) is 0 Å². The molecule has 0 aliphatic carbocycles. The number of amides is 1. The van der Waals surface area contributed by atoms with Gasteiger partial charge in [0.1, 0.15) is 11.6 Å². The van der Waals surface area contributed by atoms with Crippen molar-refractivity contribution in [2.24, 2.45) is 17.1 Å². The summed E-state index contributed by atoms with van der Waals surface area (Å²) in [5.74, 6) is -0.593. The first-order valence-corrected chi connectivity index (χ1v) is 11.4. The molecule has 6 heteroatoms. The molecule has 3 rings (SSSR count). The van der Waals surface area contributed by atoms with Crippen molar-refractivity contribution in [3.05, 3.63) is 71.3 Å². The average molecular weight is 444 g/mol. The molecule has 1 aliphatic heterocycles. The van der Waals surface area contributed by atoms with E-state index in [2.05, 4.69) is 31.0 Å². The molecule has 1 unspecified atom stereocenters. The molecule has 32 heavy (non-hydrogen) atoms. The Morgan fingerprint density at radius 1 is 1.06 bits per heavy atom. The first kappa shape index (κ1) is 24.3. The lowest BCUT2D eigenvalue weighted by atomic mass is 9.86. The van der Waals surface area contributed by atoms with Crippen LogP contribution in [0.3, 0.4) is 0 Å². The third-order valence-electron chi connectivity index (χ3n) is 6.42. The topological polar surface area (TPSA) is 58.4 Å². The van der Waals surface area contributed by atoms with Crippen molar-refractivity contribution in [2.75, 3.05) is 19.6 Å². The summed E-state index contributed by atoms with van der Waals surface area (Å²) in [6.45, 7) is 9.19. The maximum atomic E-state index is 13.8. The van der Waals surface area contributed by atoms with Gasteiger partial charge in [-0.25, -0.2) is 8.78 Å². The number of nitrogens with zero attached hydrogens (tertiary/aromatic N) is 1. The predicted octanol–water partition coefficient (Wildman–Crippen LogP) is 4.65. The van der Waals surface area contributed by atoms with Gasteiger partial charge in [0.05, 0.1) is 6.04 Å². The molecule has 1 amide bonds. The van der Waals surface area contributed by atoms with E-state index in [1.54, 1.807) is 24.3 Å². The number of hydrogen-bond donors (Lipinski definition) is 2. The van der Waals surface area contributed by atoms with Gasteiger partial charge in [0.25, 0.3) is 0 Å². The lowest BCUT2D eigenvalue weighted by Gasteiger charge is -2.37. The molecule has 1 atom stereocenters. The Labute approximate surface area is 190 Å². The summed E-state index contributed by atoms with van der Waals surface area (Å²) in [6, 6.07) is 11.7. The zero-order chi connectivity index (χ0) is 23.3. The average Bonchev–Trinajstić information content (AvgIpc) is 2.72. The van der Waals surface area contributed by atoms with Crippen molar-refractivity contribution < 1.29 is 13.6 Å². The molecule has 0 saturated carbocycles. The van der Waals surface area contributed by atoms with Crippen molar-refractivity contribution in [1.29, 1.82) is 0 Å². The largest absolute Gasteiger partial charge is 0.345 e. The number of carbonyl (C=O) groups excluding carboxylic acids is 1.